The third kappa shape index (κ3) is 2.79. The van der Waals surface area contributed by atoms with Crippen molar-refractivity contribution < 1.29 is 28.9 Å². The Kier molecular flexibility index (Phi) is 5.32. The van der Waals surface area contributed by atoms with Crippen LogP contribution in [-0.4, -0.2) is 54.5 Å². The molecule has 9 unspecified atom stereocenters. The zero-order valence-electron chi connectivity index (χ0n) is 19.6. The summed E-state index contributed by atoms with van der Waals surface area (Å²) in [6.45, 7) is 6.37. The fourth-order valence-electron chi connectivity index (χ4n) is 8.24. The fraction of sp³-hybridized carbons (Fsp3) is 0.769. The van der Waals surface area contributed by atoms with Crippen molar-refractivity contribution in [3.8, 4) is 0 Å². The molecule has 0 spiro atoms. The Hall–Kier alpha value is -1.34. The van der Waals surface area contributed by atoms with Gasteiger partial charge in [0.05, 0.1) is 12.2 Å². The van der Waals surface area contributed by atoms with E-state index < -0.39 is 17.1 Å². The first-order chi connectivity index (χ1) is 15.2. The van der Waals surface area contributed by atoms with E-state index in [2.05, 4.69) is 20.8 Å². The van der Waals surface area contributed by atoms with Crippen molar-refractivity contribution in [2.24, 2.45) is 28.6 Å². The van der Waals surface area contributed by atoms with Gasteiger partial charge in [-0.05, 0) is 56.1 Å². The van der Waals surface area contributed by atoms with Crippen LogP contribution in [0.1, 0.15) is 59.3 Å². The molecule has 176 valence electrons. The molecule has 6 nitrogen and oxygen atoms in total. The number of rotatable bonds is 5. The van der Waals surface area contributed by atoms with E-state index in [9.17, 15) is 14.7 Å². The van der Waals surface area contributed by atoms with Gasteiger partial charge in [-0.15, -0.1) is 0 Å². The molecule has 1 saturated heterocycles. The minimum absolute atomic E-state index is 0.0132. The Bertz CT molecular complexity index is 878. The molecule has 1 heterocycles. The summed E-state index contributed by atoms with van der Waals surface area (Å²) in [5.74, 6) is 0.427. The van der Waals surface area contributed by atoms with Crippen LogP contribution in [0.4, 0.5) is 0 Å². The van der Waals surface area contributed by atoms with E-state index in [1.54, 1.807) is 12.2 Å². The molecule has 0 aromatic rings. The molecule has 32 heavy (non-hydrogen) atoms. The molecule has 4 fully saturated rings. The summed E-state index contributed by atoms with van der Waals surface area (Å²) in [6.07, 6.45) is 8.81. The highest BCUT2D eigenvalue weighted by molar-refractivity contribution is 6.01. The Morgan fingerprint density at radius 3 is 2.84 bits per heavy atom. The summed E-state index contributed by atoms with van der Waals surface area (Å²) in [7, 11) is 1.54. The van der Waals surface area contributed by atoms with Crippen molar-refractivity contribution in [3.05, 3.63) is 23.8 Å². The second kappa shape index (κ2) is 7.59. The third-order valence-corrected chi connectivity index (χ3v) is 9.50. The number of ketones is 2. The molecule has 1 aliphatic heterocycles. The molecule has 0 aromatic heterocycles. The maximum Gasteiger partial charge on any atom is 0.193 e. The van der Waals surface area contributed by atoms with Crippen molar-refractivity contribution in [1.29, 1.82) is 0 Å². The third-order valence-electron chi connectivity index (χ3n) is 9.50. The maximum absolute atomic E-state index is 13.6. The second-order valence-corrected chi connectivity index (χ2v) is 11.0. The zero-order chi connectivity index (χ0) is 22.9. The van der Waals surface area contributed by atoms with Crippen LogP contribution in [-0.2, 0) is 23.8 Å². The number of fused-ring (bicyclic) bond motifs is 7. The lowest BCUT2D eigenvalue weighted by molar-refractivity contribution is -0.200. The van der Waals surface area contributed by atoms with E-state index in [0.29, 0.717) is 6.42 Å². The Balaban J connectivity index is 1.55. The molecular formula is C26H36O6. The van der Waals surface area contributed by atoms with E-state index in [1.165, 1.54) is 7.11 Å². The normalized spacial score (nSPS) is 49.2. The lowest BCUT2D eigenvalue weighted by Gasteiger charge is -2.59. The Labute approximate surface area is 190 Å². The van der Waals surface area contributed by atoms with Gasteiger partial charge in [-0.2, -0.15) is 0 Å². The lowest BCUT2D eigenvalue weighted by atomic mass is 9.46. The van der Waals surface area contributed by atoms with Crippen molar-refractivity contribution in [3.63, 3.8) is 0 Å². The highest BCUT2D eigenvalue weighted by Gasteiger charge is 2.75. The van der Waals surface area contributed by atoms with Crippen LogP contribution in [0, 0.1) is 28.6 Å². The summed E-state index contributed by atoms with van der Waals surface area (Å²) in [5, 5.41) is 11.6. The molecule has 5 aliphatic rings. The first kappa shape index (κ1) is 22.5. The van der Waals surface area contributed by atoms with E-state index in [-0.39, 0.29) is 53.7 Å². The largest absolute Gasteiger partial charge is 0.393 e. The van der Waals surface area contributed by atoms with Gasteiger partial charge in [0.1, 0.15) is 6.61 Å². The molecule has 6 heteroatoms. The van der Waals surface area contributed by atoms with Crippen molar-refractivity contribution in [1.82, 2.24) is 0 Å². The molecule has 0 bridgehead atoms. The molecule has 3 saturated carbocycles. The second-order valence-electron chi connectivity index (χ2n) is 11.0. The molecule has 1 N–H and O–H groups in total. The highest BCUT2D eigenvalue weighted by atomic mass is 16.7. The summed E-state index contributed by atoms with van der Waals surface area (Å²) in [4.78, 5) is 25.6. The molecule has 0 radical (unpaired) electrons. The van der Waals surface area contributed by atoms with Crippen LogP contribution in [0.2, 0.25) is 0 Å². The average molecular weight is 445 g/mol. The average Bonchev–Trinajstić information content (AvgIpc) is 3.21. The van der Waals surface area contributed by atoms with Gasteiger partial charge in [-0.3, -0.25) is 9.59 Å². The number of carbonyl (C=O) groups is 2. The van der Waals surface area contributed by atoms with Crippen LogP contribution in [0.5, 0.6) is 0 Å². The van der Waals surface area contributed by atoms with E-state index in [0.717, 1.165) is 37.7 Å². The number of hydrogen-bond acceptors (Lipinski definition) is 6. The van der Waals surface area contributed by atoms with Gasteiger partial charge in [-0.1, -0.05) is 38.8 Å². The van der Waals surface area contributed by atoms with Gasteiger partial charge < -0.3 is 19.3 Å². The van der Waals surface area contributed by atoms with Crippen LogP contribution in [0.25, 0.3) is 0 Å². The number of allylic oxidation sites excluding steroid dienone is 4. The summed E-state index contributed by atoms with van der Waals surface area (Å²) < 4.78 is 18.2. The Morgan fingerprint density at radius 1 is 1.34 bits per heavy atom. The monoisotopic (exact) mass is 444 g/mol. The van der Waals surface area contributed by atoms with E-state index >= 15 is 0 Å². The summed E-state index contributed by atoms with van der Waals surface area (Å²) in [6, 6.07) is 0. The predicted octanol–water partition coefficient (Wildman–Crippen LogP) is 3.37. The van der Waals surface area contributed by atoms with E-state index in [4.69, 9.17) is 14.2 Å². The number of methoxy groups -OCH3 is 1. The number of carbonyl (C=O) groups excluding carboxylic acids is 2. The topological polar surface area (TPSA) is 82.1 Å². The van der Waals surface area contributed by atoms with Gasteiger partial charge in [0.25, 0.3) is 0 Å². The first-order valence-corrected chi connectivity index (χ1v) is 12.2. The SMILES string of the molecule is CCCC1OC2CC3C4CCC5=CC(=O)C=CC5(C)C4C(O)CC3(C)C2(C(=O)COC)O1. The van der Waals surface area contributed by atoms with Crippen molar-refractivity contribution >= 4 is 11.6 Å². The van der Waals surface area contributed by atoms with Crippen molar-refractivity contribution in [2.75, 3.05) is 13.7 Å². The first-order valence-electron chi connectivity index (χ1n) is 12.2. The maximum atomic E-state index is 13.6. The van der Waals surface area contributed by atoms with Crippen LogP contribution in [0.15, 0.2) is 23.8 Å². The quantitative estimate of drug-likeness (QED) is 0.700. The van der Waals surface area contributed by atoms with Crippen molar-refractivity contribution in [2.45, 2.75) is 83.4 Å². The number of aliphatic hydroxyl groups is 1. The van der Waals surface area contributed by atoms with Crippen LogP contribution in [0.3, 0.4) is 0 Å². The predicted molar refractivity (Wildman–Crippen MR) is 118 cm³/mol. The van der Waals surface area contributed by atoms with Gasteiger partial charge >= 0.3 is 0 Å². The Morgan fingerprint density at radius 2 is 2.12 bits per heavy atom. The standard InChI is InChI=1S/C26H36O6/c1-5-6-22-31-21-12-18-17-8-7-15-11-16(27)9-10-24(15,2)23(17)19(28)13-25(18,3)26(21,32-22)20(29)14-30-4/h9-11,17-19,21-23,28H,5-8,12-14H2,1-4H3. The fourth-order valence-corrected chi connectivity index (χ4v) is 8.24. The minimum atomic E-state index is -1.07. The smallest absolute Gasteiger partial charge is 0.193 e. The number of aliphatic hydroxyl groups excluding tert-OH is 1. The van der Waals surface area contributed by atoms with Crippen LogP contribution < -0.4 is 0 Å². The molecule has 9 atom stereocenters. The highest BCUT2D eigenvalue weighted by Crippen LogP contribution is 2.69. The zero-order valence-corrected chi connectivity index (χ0v) is 19.6. The van der Waals surface area contributed by atoms with Gasteiger partial charge in [0, 0.05) is 23.9 Å². The van der Waals surface area contributed by atoms with Crippen LogP contribution >= 0.6 is 0 Å². The minimum Gasteiger partial charge on any atom is -0.393 e. The molecule has 4 aliphatic carbocycles. The molecule has 0 amide bonds. The molecule has 0 aromatic carbocycles. The molecular weight excluding hydrogens is 408 g/mol. The van der Waals surface area contributed by atoms with Gasteiger partial charge in [-0.25, -0.2) is 0 Å². The summed E-state index contributed by atoms with van der Waals surface area (Å²) >= 11 is 0. The number of hydrogen-bond donors (Lipinski definition) is 1. The van der Waals surface area contributed by atoms with Gasteiger partial charge in [0.15, 0.2) is 23.5 Å². The number of Topliss-reactive ketones (excluding diaryl/α,β-unsaturated/α-hetero) is 1. The summed E-state index contributed by atoms with van der Waals surface area (Å²) in [5.41, 5.74) is -0.796. The lowest BCUT2D eigenvalue weighted by Crippen LogP contribution is -2.63. The van der Waals surface area contributed by atoms with E-state index in [1.807, 2.05) is 6.08 Å². The molecule has 5 rings (SSSR count). The van der Waals surface area contributed by atoms with Gasteiger partial charge in [0.2, 0.25) is 0 Å². The number of ether oxygens (including phenoxy) is 3.